The molecule has 0 saturated heterocycles. The number of aromatic hydroxyl groups is 2. The quantitative estimate of drug-likeness (QED) is 0.550. The van der Waals surface area contributed by atoms with Gasteiger partial charge in [-0.25, -0.2) is 4.98 Å². The molecule has 0 spiro atoms. The third-order valence-electron chi connectivity index (χ3n) is 3.50. The number of fused-ring (bicyclic) bond motifs is 2. The second-order valence-corrected chi connectivity index (χ2v) is 4.85. The summed E-state index contributed by atoms with van der Waals surface area (Å²) < 4.78 is 5.75. The average Bonchev–Trinajstić information content (AvgIpc) is 2.90. The molecule has 0 aliphatic heterocycles. The van der Waals surface area contributed by atoms with Crippen molar-refractivity contribution in [2.24, 2.45) is 0 Å². The van der Waals surface area contributed by atoms with Crippen molar-refractivity contribution in [1.82, 2.24) is 4.98 Å². The normalized spacial score (nSPS) is 11.2. The molecule has 0 radical (unpaired) electrons. The van der Waals surface area contributed by atoms with Crippen molar-refractivity contribution in [1.29, 1.82) is 0 Å². The van der Waals surface area contributed by atoms with Crippen molar-refractivity contribution in [3.63, 3.8) is 0 Å². The van der Waals surface area contributed by atoms with Gasteiger partial charge in [0, 0.05) is 17.0 Å². The first kappa shape index (κ1) is 11.8. The number of oxazole rings is 1. The molecule has 1 heterocycles. The van der Waals surface area contributed by atoms with Crippen molar-refractivity contribution >= 4 is 21.9 Å². The van der Waals surface area contributed by atoms with Crippen LogP contribution in [0.1, 0.15) is 0 Å². The molecule has 0 amide bonds. The summed E-state index contributed by atoms with van der Waals surface area (Å²) in [5.41, 5.74) is 2.02. The largest absolute Gasteiger partial charge is 0.508 e. The van der Waals surface area contributed by atoms with Gasteiger partial charge < -0.3 is 14.6 Å². The van der Waals surface area contributed by atoms with Crippen LogP contribution in [0.25, 0.3) is 33.3 Å². The lowest BCUT2D eigenvalue weighted by Gasteiger charge is -2.04. The molecule has 1 aromatic heterocycles. The van der Waals surface area contributed by atoms with Crippen LogP contribution in [0.3, 0.4) is 0 Å². The monoisotopic (exact) mass is 277 g/mol. The zero-order valence-electron chi connectivity index (χ0n) is 10.9. The van der Waals surface area contributed by atoms with Gasteiger partial charge in [-0.05, 0) is 29.7 Å². The van der Waals surface area contributed by atoms with E-state index in [-0.39, 0.29) is 11.5 Å². The van der Waals surface area contributed by atoms with Crippen LogP contribution >= 0.6 is 0 Å². The Balaban J connectivity index is 2.02. The molecular formula is C17H11NO3. The summed E-state index contributed by atoms with van der Waals surface area (Å²) in [6.07, 6.45) is 0. The van der Waals surface area contributed by atoms with Crippen LogP contribution in [0.5, 0.6) is 11.5 Å². The fourth-order valence-electron chi connectivity index (χ4n) is 2.50. The van der Waals surface area contributed by atoms with Crippen molar-refractivity contribution in [2.75, 3.05) is 0 Å². The second-order valence-electron chi connectivity index (χ2n) is 4.85. The summed E-state index contributed by atoms with van der Waals surface area (Å²) in [6, 6.07) is 15.8. The van der Waals surface area contributed by atoms with E-state index in [1.165, 1.54) is 0 Å². The lowest BCUT2D eigenvalue weighted by Crippen LogP contribution is -1.81. The van der Waals surface area contributed by atoms with E-state index in [4.69, 9.17) is 4.42 Å². The second kappa shape index (κ2) is 4.24. The highest BCUT2D eigenvalue weighted by Gasteiger charge is 2.13. The van der Waals surface area contributed by atoms with Crippen LogP contribution in [0.15, 0.2) is 59.0 Å². The minimum Gasteiger partial charge on any atom is -0.508 e. The molecule has 4 nitrogen and oxygen atoms in total. The van der Waals surface area contributed by atoms with Gasteiger partial charge >= 0.3 is 0 Å². The summed E-state index contributed by atoms with van der Waals surface area (Å²) in [5, 5.41) is 21.1. The van der Waals surface area contributed by atoms with Gasteiger partial charge in [-0.3, -0.25) is 0 Å². The number of aromatic nitrogens is 1. The Hall–Kier alpha value is -3.01. The van der Waals surface area contributed by atoms with Gasteiger partial charge in [0.2, 0.25) is 5.89 Å². The molecule has 0 aliphatic carbocycles. The van der Waals surface area contributed by atoms with Crippen LogP contribution < -0.4 is 0 Å². The van der Waals surface area contributed by atoms with E-state index in [2.05, 4.69) is 4.98 Å². The molecule has 0 fully saturated rings. The Labute approximate surface area is 119 Å². The molecule has 102 valence electrons. The van der Waals surface area contributed by atoms with Crippen molar-refractivity contribution in [3.05, 3.63) is 54.6 Å². The van der Waals surface area contributed by atoms with Crippen LogP contribution in [-0.4, -0.2) is 15.2 Å². The van der Waals surface area contributed by atoms with E-state index in [0.717, 1.165) is 16.3 Å². The third-order valence-corrected chi connectivity index (χ3v) is 3.50. The third kappa shape index (κ3) is 1.80. The zero-order chi connectivity index (χ0) is 14.4. The van der Waals surface area contributed by atoms with Crippen molar-refractivity contribution < 1.29 is 14.6 Å². The Kier molecular flexibility index (Phi) is 2.38. The van der Waals surface area contributed by atoms with Crippen LogP contribution in [0.2, 0.25) is 0 Å². The van der Waals surface area contributed by atoms with Crippen LogP contribution in [0, 0.1) is 0 Å². The summed E-state index contributed by atoms with van der Waals surface area (Å²) in [6.45, 7) is 0. The molecule has 4 rings (SSSR count). The van der Waals surface area contributed by atoms with Gasteiger partial charge in [0.1, 0.15) is 17.0 Å². The SMILES string of the molecule is Oc1ccc2oc(-c3ccc(O)c4ccccc34)nc2c1. The van der Waals surface area contributed by atoms with Crippen molar-refractivity contribution in [2.45, 2.75) is 0 Å². The van der Waals surface area contributed by atoms with E-state index in [1.54, 1.807) is 30.3 Å². The summed E-state index contributed by atoms with van der Waals surface area (Å²) in [7, 11) is 0. The van der Waals surface area contributed by atoms with E-state index in [1.807, 2.05) is 24.3 Å². The maximum Gasteiger partial charge on any atom is 0.227 e. The molecule has 3 aromatic carbocycles. The molecule has 4 aromatic rings. The average molecular weight is 277 g/mol. The maximum atomic E-state index is 9.93. The Morgan fingerprint density at radius 2 is 1.67 bits per heavy atom. The molecule has 0 saturated carbocycles. The number of hydrogen-bond donors (Lipinski definition) is 2. The standard InChI is InChI=1S/C17H11NO3/c19-10-5-8-16-14(9-10)18-17(21-16)13-6-7-15(20)12-4-2-1-3-11(12)13/h1-9,19-20H. The zero-order valence-corrected chi connectivity index (χ0v) is 10.9. The molecule has 2 N–H and O–H groups in total. The predicted molar refractivity (Wildman–Crippen MR) is 80.3 cm³/mol. The summed E-state index contributed by atoms with van der Waals surface area (Å²) in [4.78, 5) is 4.42. The van der Waals surface area contributed by atoms with Gasteiger partial charge in [0.05, 0.1) is 0 Å². The van der Waals surface area contributed by atoms with Crippen LogP contribution in [-0.2, 0) is 0 Å². The molecular weight excluding hydrogens is 266 g/mol. The smallest absolute Gasteiger partial charge is 0.227 e. The van der Waals surface area contributed by atoms with E-state index >= 15 is 0 Å². The predicted octanol–water partition coefficient (Wildman–Crippen LogP) is 4.06. The van der Waals surface area contributed by atoms with E-state index in [0.29, 0.717) is 17.0 Å². The van der Waals surface area contributed by atoms with Crippen molar-refractivity contribution in [3.8, 4) is 23.0 Å². The highest BCUT2D eigenvalue weighted by molar-refractivity contribution is 5.99. The van der Waals surface area contributed by atoms with Gasteiger partial charge in [-0.15, -0.1) is 0 Å². The fourth-order valence-corrected chi connectivity index (χ4v) is 2.50. The Morgan fingerprint density at radius 3 is 2.52 bits per heavy atom. The minimum atomic E-state index is 0.151. The fraction of sp³-hybridized carbons (Fsp3) is 0. The number of hydrogen-bond acceptors (Lipinski definition) is 4. The summed E-state index contributed by atoms with van der Waals surface area (Å²) >= 11 is 0. The molecule has 4 heteroatoms. The number of nitrogens with zero attached hydrogens (tertiary/aromatic N) is 1. The Bertz CT molecular complexity index is 972. The first-order valence-corrected chi connectivity index (χ1v) is 6.53. The van der Waals surface area contributed by atoms with Gasteiger partial charge in [0.25, 0.3) is 0 Å². The summed E-state index contributed by atoms with van der Waals surface area (Å²) in [5.74, 6) is 0.841. The number of phenolic OH excluding ortho intramolecular Hbond substituents is 2. The lowest BCUT2D eigenvalue weighted by atomic mass is 10.0. The topological polar surface area (TPSA) is 66.5 Å². The van der Waals surface area contributed by atoms with E-state index < -0.39 is 0 Å². The van der Waals surface area contributed by atoms with E-state index in [9.17, 15) is 10.2 Å². The molecule has 21 heavy (non-hydrogen) atoms. The maximum absolute atomic E-state index is 9.93. The molecule has 0 aliphatic rings. The number of rotatable bonds is 1. The number of phenols is 2. The number of benzene rings is 3. The highest BCUT2D eigenvalue weighted by Crippen LogP contribution is 2.35. The van der Waals surface area contributed by atoms with Gasteiger partial charge in [0.15, 0.2) is 5.58 Å². The van der Waals surface area contributed by atoms with Gasteiger partial charge in [-0.2, -0.15) is 0 Å². The van der Waals surface area contributed by atoms with Crippen LogP contribution in [0.4, 0.5) is 0 Å². The highest BCUT2D eigenvalue weighted by atomic mass is 16.3. The molecule has 0 unspecified atom stereocenters. The van der Waals surface area contributed by atoms with Gasteiger partial charge in [-0.1, -0.05) is 24.3 Å². The Morgan fingerprint density at radius 1 is 0.857 bits per heavy atom. The lowest BCUT2D eigenvalue weighted by molar-refractivity contribution is 0.475. The first-order chi connectivity index (χ1) is 10.2. The minimum absolute atomic E-state index is 0.151. The molecule has 0 bridgehead atoms. The first-order valence-electron chi connectivity index (χ1n) is 6.53. The molecule has 0 atom stereocenters.